The summed E-state index contributed by atoms with van der Waals surface area (Å²) in [7, 11) is 1.53. The van der Waals surface area contributed by atoms with E-state index in [1.165, 1.54) is 13.3 Å². The van der Waals surface area contributed by atoms with Gasteiger partial charge in [0, 0.05) is 18.2 Å². The van der Waals surface area contributed by atoms with Crippen LogP contribution in [0.15, 0.2) is 18.3 Å². The molecule has 0 spiro atoms. The van der Waals surface area contributed by atoms with E-state index in [0.29, 0.717) is 28.9 Å². The Hall–Kier alpha value is -1.13. The number of nitrogens with zero attached hydrogens (tertiary/aromatic N) is 3. The van der Waals surface area contributed by atoms with Crippen molar-refractivity contribution in [1.29, 1.82) is 0 Å². The standard InChI is InChI=1S/C18H24FN3O3.H2S2/c1-25-17-3-2-15-18(21-17)13(14(19)10-20-15)6-9-22-7-4-12(5-8-22)16(24)11-23;1-2/h2-3,10,12,16,23-24H,4-9,11H2,1H3;1-2H. The molecule has 2 aromatic heterocycles. The fourth-order valence-corrected chi connectivity index (χ4v) is 3.41. The van der Waals surface area contributed by atoms with Gasteiger partial charge in [-0.05, 0) is 44.3 Å². The molecular weight excluding hydrogens is 389 g/mol. The first-order valence-electron chi connectivity index (χ1n) is 8.81. The van der Waals surface area contributed by atoms with Crippen LogP contribution in [0, 0.1) is 11.7 Å². The van der Waals surface area contributed by atoms with Crippen molar-refractivity contribution in [3.8, 4) is 5.88 Å². The summed E-state index contributed by atoms with van der Waals surface area (Å²) in [5.41, 5.74) is 1.76. The molecule has 3 rings (SSSR count). The topological polar surface area (TPSA) is 78.7 Å². The number of methoxy groups -OCH3 is 1. The summed E-state index contributed by atoms with van der Waals surface area (Å²) >= 11 is 6.44. The molecule has 1 saturated heterocycles. The minimum atomic E-state index is -0.639. The number of halogens is 1. The van der Waals surface area contributed by atoms with Crippen LogP contribution in [0.5, 0.6) is 5.88 Å². The highest BCUT2D eigenvalue weighted by Crippen LogP contribution is 2.24. The summed E-state index contributed by atoms with van der Waals surface area (Å²) in [5.74, 6) is 0.240. The van der Waals surface area contributed by atoms with Gasteiger partial charge in [0.1, 0.15) is 5.82 Å². The minimum absolute atomic E-state index is 0.144. The lowest BCUT2D eigenvalue weighted by Gasteiger charge is -2.33. The van der Waals surface area contributed by atoms with Crippen molar-refractivity contribution in [1.82, 2.24) is 14.9 Å². The maximum absolute atomic E-state index is 14.3. The van der Waals surface area contributed by atoms with Crippen LogP contribution in [-0.2, 0) is 6.42 Å². The quantitative estimate of drug-likeness (QED) is 0.428. The second-order valence-electron chi connectivity index (χ2n) is 6.49. The van der Waals surface area contributed by atoms with E-state index >= 15 is 0 Å². The van der Waals surface area contributed by atoms with E-state index in [9.17, 15) is 9.50 Å². The Morgan fingerprint density at radius 2 is 2.04 bits per heavy atom. The van der Waals surface area contributed by atoms with Gasteiger partial charge in [-0.15, -0.1) is 23.3 Å². The Bertz CT molecular complexity index is 730. The highest BCUT2D eigenvalue weighted by molar-refractivity contribution is 8.59. The number of hydrogen-bond acceptors (Lipinski definition) is 8. The Morgan fingerprint density at radius 1 is 1.33 bits per heavy atom. The molecule has 1 aliphatic rings. The highest BCUT2D eigenvalue weighted by Gasteiger charge is 2.24. The zero-order valence-corrected chi connectivity index (χ0v) is 17.0. The van der Waals surface area contributed by atoms with Crippen LogP contribution in [0.1, 0.15) is 18.4 Å². The number of likely N-dealkylation sites (tertiary alicyclic amines) is 1. The molecule has 0 radical (unpaired) electrons. The van der Waals surface area contributed by atoms with Crippen LogP contribution in [0.3, 0.4) is 0 Å². The minimum Gasteiger partial charge on any atom is -0.481 e. The fourth-order valence-electron chi connectivity index (χ4n) is 3.41. The normalized spacial score (nSPS) is 16.7. The van der Waals surface area contributed by atoms with Crippen molar-refractivity contribution < 1.29 is 19.3 Å². The largest absolute Gasteiger partial charge is 0.481 e. The third kappa shape index (κ3) is 5.68. The molecule has 0 aliphatic carbocycles. The van der Waals surface area contributed by atoms with Crippen molar-refractivity contribution in [3.63, 3.8) is 0 Å². The smallest absolute Gasteiger partial charge is 0.213 e. The molecule has 0 amide bonds. The molecule has 1 atom stereocenters. The average molecular weight is 416 g/mol. The van der Waals surface area contributed by atoms with Gasteiger partial charge >= 0.3 is 0 Å². The van der Waals surface area contributed by atoms with Gasteiger partial charge in [-0.3, -0.25) is 4.98 Å². The van der Waals surface area contributed by atoms with E-state index in [1.54, 1.807) is 12.1 Å². The number of aliphatic hydroxyl groups is 2. The number of rotatable bonds is 6. The van der Waals surface area contributed by atoms with E-state index in [-0.39, 0.29) is 18.3 Å². The van der Waals surface area contributed by atoms with Crippen LogP contribution in [0.4, 0.5) is 4.39 Å². The number of hydrogen-bond donors (Lipinski definition) is 4. The third-order valence-electron chi connectivity index (χ3n) is 4.99. The van der Waals surface area contributed by atoms with Gasteiger partial charge < -0.3 is 19.8 Å². The lowest BCUT2D eigenvalue weighted by molar-refractivity contribution is 0.0186. The second kappa shape index (κ2) is 11.0. The number of pyridine rings is 2. The van der Waals surface area contributed by atoms with Gasteiger partial charge in [-0.1, -0.05) is 0 Å². The molecule has 1 unspecified atom stereocenters. The maximum Gasteiger partial charge on any atom is 0.213 e. The summed E-state index contributed by atoms with van der Waals surface area (Å²) in [6.45, 7) is 2.20. The van der Waals surface area contributed by atoms with Gasteiger partial charge in [0.05, 0.1) is 37.1 Å². The molecule has 1 fully saturated rings. The molecular formula is C18H26FN3O3S2. The first-order chi connectivity index (χ1) is 13.1. The van der Waals surface area contributed by atoms with Crippen LogP contribution in [-0.4, -0.2) is 64.5 Å². The van der Waals surface area contributed by atoms with Crippen molar-refractivity contribution in [2.45, 2.75) is 25.4 Å². The molecule has 0 saturated carbocycles. The van der Waals surface area contributed by atoms with Crippen LogP contribution >= 0.6 is 23.3 Å². The van der Waals surface area contributed by atoms with Crippen LogP contribution in [0.25, 0.3) is 11.0 Å². The summed E-state index contributed by atoms with van der Waals surface area (Å²) in [6.07, 6.45) is 2.83. The molecule has 1 aliphatic heterocycles. The molecule has 3 heterocycles. The molecule has 9 heteroatoms. The van der Waals surface area contributed by atoms with Crippen LogP contribution < -0.4 is 4.74 Å². The summed E-state index contributed by atoms with van der Waals surface area (Å²) in [5, 5.41) is 18.8. The second-order valence-corrected chi connectivity index (χ2v) is 6.49. The number of aliphatic hydroxyl groups excluding tert-OH is 2. The Morgan fingerprint density at radius 3 is 2.67 bits per heavy atom. The zero-order chi connectivity index (χ0) is 19.8. The Balaban J connectivity index is 0.00000126. The van der Waals surface area contributed by atoms with Gasteiger partial charge in [0.15, 0.2) is 0 Å². The first-order valence-corrected chi connectivity index (χ1v) is 10.4. The highest BCUT2D eigenvalue weighted by atomic mass is 33.1. The van der Waals surface area contributed by atoms with Crippen molar-refractivity contribution >= 4 is 34.4 Å². The predicted octanol–water partition coefficient (Wildman–Crippen LogP) is 2.15. The van der Waals surface area contributed by atoms with Crippen LogP contribution in [0.2, 0.25) is 0 Å². The van der Waals surface area contributed by atoms with E-state index in [0.717, 1.165) is 32.5 Å². The summed E-state index contributed by atoms with van der Waals surface area (Å²) < 4.78 is 19.4. The molecule has 27 heavy (non-hydrogen) atoms. The van der Waals surface area contributed by atoms with Gasteiger partial charge in [-0.2, -0.15) is 0 Å². The predicted molar refractivity (Wildman–Crippen MR) is 110 cm³/mol. The number of aromatic nitrogens is 2. The van der Waals surface area contributed by atoms with E-state index in [4.69, 9.17) is 9.84 Å². The van der Waals surface area contributed by atoms with Gasteiger partial charge in [-0.25, -0.2) is 9.37 Å². The van der Waals surface area contributed by atoms with E-state index in [2.05, 4.69) is 38.2 Å². The summed E-state index contributed by atoms with van der Waals surface area (Å²) in [6, 6.07) is 3.50. The Labute approximate surface area is 169 Å². The van der Waals surface area contributed by atoms with Crippen molar-refractivity contribution in [2.24, 2.45) is 5.92 Å². The third-order valence-corrected chi connectivity index (χ3v) is 4.99. The molecule has 0 bridgehead atoms. The van der Waals surface area contributed by atoms with Crippen molar-refractivity contribution in [3.05, 3.63) is 29.7 Å². The fraction of sp³-hybridized carbons (Fsp3) is 0.556. The monoisotopic (exact) mass is 415 g/mol. The number of fused-ring (bicyclic) bond motifs is 1. The average Bonchev–Trinajstić information content (AvgIpc) is 2.73. The van der Waals surface area contributed by atoms with Gasteiger partial charge in [0.25, 0.3) is 0 Å². The SMILES string of the molecule is COc1ccc2ncc(F)c(CCN3CCC(C(O)CO)CC3)c2n1.SS. The molecule has 2 aromatic rings. The summed E-state index contributed by atoms with van der Waals surface area (Å²) in [4.78, 5) is 10.7. The number of piperidine rings is 1. The number of thiol groups is 2. The number of ether oxygens (including phenoxy) is 1. The molecule has 6 nitrogen and oxygen atoms in total. The molecule has 150 valence electrons. The first kappa shape index (κ1) is 22.2. The maximum atomic E-state index is 14.3. The van der Waals surface area contributed by atoms with E-state index < -0.39 is 6.10 Å². The molecule has 2 N–H and O–H groups in total. The van der Waals surface area contributed by atoms with Gasteiger partial charge in [0.2, 0.25) is 5.88 Å². The van der Waals surface area contributed by atoms with E-state index in [1.807, 2.05) is 0 Å². The van der Waals surface area contributed by atoms with Crippen molar-refractivity contribution in [2.75, 3.05) is 33.4 Å². The lowest BCUT2D eigenvalue weighted by Crippen LogP contribution is -2.39. The lowest BCUT2D eigenvalue weighted by atomic mass is 9.91. The molecule has 0 aromatic carbocycles. The zero-order valence-electron chi connectivity index (χ0n) is 15.3. The Kier molecular flexibility index (Phi) is 9.04.